The minimum absolute atomic E-state index is 0.0451. The van der Waals surface area contributed by atoms with Crippen LogP contribution in [0.5, 0.6) is 0 Å². The minimum atomic E-state index is -1.02. The number of carboxylic acids is 1. The highest BCUT2D eigenvalue weighted by atomic mass is 16.5. The van der Waals surface area contributed by atoms with Gasteiger partial charge >= 0.3 is 17.9 Å². The minimum Gasteiger partial charge on any atom is -0.478 e. The number of carboxylic acid groups (broad SMARTS) is 1. The molecule has 0 spiro atoms. The first-order chi connectivity index (χ1) is 15.7. The van der Waals surface area contributed by atoms with Crippen molar-refractivity contribution in [2.24, 2.45) is 0 Å². The fourth-order valence-electron chi connectivity index (χ4n) is 1.97. The number of esters is 2. The number of ether oxygens (including phenoxy) is 2. The molecule has 2 N–H and O–H groups in total. The third-order valence-corrected chi connectivity index (χ3v) is 3.96. The Kier molecular flexibility index (Phi) is 16.3. The highest BCUT2D eigenvalue weighted by Crippen LogP contribution is 2.09. The zero-order valence-electron chi connectivity index (χ0n) is 19.6. The molecular formula is C26H34O7. The Hall–Kier alpha value is -3.45. The van der Waals surface area contributed by atoms with Gasteiger partial charge in [0.15, 0.2) is 0 Å². The average molecular weight is 459 g/mol. The topological polar surface area (TPSA) is 110 Å². The lowest BCUT2D eigenvalue weighted by Crippen LogP contribution is -2.07. The summed E-state index contributed by atoms with van der Waals surface area (Å²) in [6.07, 6.45) is 8.51. The van der Waals surface area contributed by atoms with E-state index >= 15 is 0 Å². The van der Waals surface area contributed by atoms with Gasteiger partial charge in [-0.25, -0.2) is 14.4 Å². The SMILES string of the molecule is C=C(C)C(=O)OCCCO.CCCCOC(=O)C(C=Cc1ccccc1)=CC=C(C)C(=O)O. The van der Waals surface area contributed by atoms with Crippen molar-refractivity contribution in [2.45, 2.75) is 40.0 Å². The fourth-order valence-corrected chi connectivity index (χ4v) is 1.97. The first-order valence-electron chi connectivity index (χ1n) is 10.7. The van der Waals surface area contributed by atoms with Crippen molar-refractivity contribution in [1.82, 2.24) is 0 Å². The van der Waals surface area contributed by atoms with Gasteiger partial charge in [-0.1, -0.05) is 62.4 Å². The van der Waals surface area contributed by atoms with E-state index in [4.69, 9.17) is 14.9 Å². The molecule has 7 nitrogen and oxygen atoms in total. The van der Waals surface area contributed by atoms with Crippen LogP contribution in [0.2, 0.25) is 0 Å². The van der Waals surface area contributed by atoms with Gasteiger partial charge in [-0.2, -0.15) is 0 Å². The van der Waals surface area contributed by atoms with Gasteiger partial charge in [-0.15, -0.1) is 0 Å². The van der Waals surface area contributed by atoms with E-state index in [-0.39, 0.29) is 18.8 Å². The molecule has 7 heteroatoms. The van der Waals surface area contributed by atoms with Crippen molar-refractivity contribution in [1.29, 1.82) is 0 Å². The van der Waals surface area contributed by atoms with E-state index in [1.54, 1.807) is 19.1 Å². The molecule has 0 unspecified atom stereocenters. The summed E-state index contributed by atoms with van der Waals surface area (Å²) >= 11 is 0. The molecule has 180 valence electrons. The smallest absolute Gasteiger partial charge is 0.338 e. The van der Waals surface area contributed by atoms with Crippen molar-refractivity contribution in [3.05, 3.63) is 77.4 Å². The molecule has 0 aliphatic rings. The molecule has 0 radical (unpaired) electrons. The van der Waals surface area contributed by atoms with Gasteiger partial charge in [0.1, 0.15) is 0 Å². The molecule has 0 atom stereocenters. The molecule has 0 saturated heterocycles. The Bertz CT molecular complexity index is 849. The van der Waals surface area contributed by atoms with Gasteiger partial charge in [-0.05, 0) is 38.0 Å². The molecule has 0 heterocycles. The number of unbranched alkanes of at least 4 members (excludes halogenated alkanes) is 1. The normalized spacial score (nSPS) is 11.4. The maximum absolute atomic E-state index is 12.1. The molecule has 0 fully saturated rings. The predicted octanol–water partition coefficient (Wildman–Crippen LogP) is 4.49. The van der Waals surface area contributed by atoms with Crippen LogP contribution in [0.4, 0.5) is 0 Å². The second-order valence-electron chi connectivity index (χ2n) is 7.00. The Morgan fingerprint density at radius 2 is 1.58 bits per heavy atom. The van der Waals surface area contributed by atoms with E-state index in [9.17, 15) is 14.4 Å². The summed E-state index contributed by atoms with van der Waals surface area (Å²) < 4.78 is 9.84. The molecule has 0 bridgehead atoms. The zero-order valence-corrected chi connectivity index (χ0v) is 19.6. The third-order valence-electron chi connectivity index (χ3n) is 3.96. The highest BCUT2D eigenvalue weighted by molar-refractivity contribution is 5.94. The van der Waals surface area contributed by atoms with Gasteiger partial charge in [0.05, 0.1) is 18.8 Å². The zero-order chi connectivity index (χ0) is 25.1. The number of hydrogen-bond donors (Lipinski definition) is 2. The molecule has 0 amide bonds. The van der Waals surface area contributed by atoms with Gasteiger partial charge in [-0.3, -0.25) is 0 Å². The summed E-state index contributed by atoms with van der Waals surface area (Å²) in [6, 6.07) is 9.53. The maximum atomic E-state index is 12.1. The van der Waals surface area contributed by atoms with E-state index in [2.05, 4.69) is 11.3 Å². The average Bonchev–Trinajstić information content (AvgIpc) is 2.80. The summed E-state index contributed by atoms with van der Waals surface area (Å²) in [5.74, 6) is -1.87. The molecule has 1 rings (SSSR count). The lowest BCUT2D eigenvalue weighted by Gasteiger charge is -2.04. The number of aliphatic carboxylic acids is 1. The second-order valence-corrected chi connectivity index (χ2v) is 7.00. The summed E-state index contributed by atoms with van der Waals surface area (Å²) in [7, 11) is 0. The first-order valence-corrected chi connectivity index (χ1v) is 10.7. The van der Waals surface area contributed by atoms with E-state index in [0.29, 0.717) is 24.2 Å². The largest absolute Gasteiger partial charge is 0.478 e. The van der Waals surface area contributed by atoms with Crippen molar-refractivity contribution >= 4 is 24.0 Å². The van der Waals surface area contributed by atoms with Crippen LogP contribution < -0.4 is 0 Å². The standard InChI is InChI=1S/C19H22O4.C7H12O3/c1-3-4-14-23-19(22)17(12-10-15(2)18(20)21)13-11-16-8-6-5-7-9-16;1-6(2)7(9)10-5-3-4-8/h5-13H,3-4,14H2,1-2H3,(H,20,21);8H,1,3-5H2,2H3. The van der Waals surface area contributed by atoms with E-state index in [0.717, 1.165) is 18.4 Å². The van der Waals surface area contributed by atoms with Crippen LogP contribution in [-0.4, -0.2) is 47.9 Å². The van der Waals surface area contributed by atoms with E-state index in [1.165, 1.54) is 19.1 Å². The summed E-state index contributed by atoms with van der Waals surface area (Å²) in [5.41, 5.74) is 1.79. The number of aliphatic hydroxyl groups is 1. The van der Waals surface area contributed by atoms with Gasteiger partial charge in [0, 0.05) is 24.2 Å². The number of carbonyl (C=O) groups excluding carboxylic acids is 2. The number of aliphatic hydroxyl groups excluding tert-OH is 1. The van der Waals surface area contributed by atoms with Crippen LogP contribution in [-0.2, 0) is 23.9 Å². The lowest BCUT2D eigenvalue weighted by atomic mass is 10.1. The lowest BCUT2D eigenvalue weighted by molar-refractivity contribution is -0.139. The molecule has 0 saturated carbocycles. The van der Waals surface area contributed by atoms with Crippen LogP contribution in [0.25, 0.3) is 6.08 Å². The summed E-state index contributed by atoms with van der Waals surface area (Å²) in [5, 5.41) is 17.2. The Labute approximate surface area is 195 Å². The Morgan fingerprint density at radius 1 is 0.970 bits per heavy atom. The highest BCUT2D eigenvalue weighted by Gasteiger charge is 2.08. The Morgan fingerprint density at radius 3 is 2.12 bits per heavy atom. The third kappa shape index (κ3) is 15.1. The molecule has 0 aromatic heterocycles. The van der Waals surface area contributed by atoms with E-state index < -0.39 is 17.9 Å². The van der Waals surface area contributed by atoms with Gasteiger partial charge < -0.3 is 19.7 Å². The van der Waals surface area contributed by atoms with Crippen LogP contribution in [0.3, 0.4) is 0 Å². The van der Waals surface area contributed by atoms with Gasteiger partial charge in [0.25, 0.3) is 0 Å². The number of benzene rings is 1. The predicted molar refractivity (Wildman–Crippen MR) is 128 cm³/mol. The molecular weight excluding hydrogens is 424 g/mol. The first kappa shape index (κ1) is 29.5. The van der Waals surface area contributed by atoms with Crippen LogP contribution in [0.1, 0.15) is 45.6 Å². The van der Waals surface area contributed by atoms with Gasteiger partial charge in [0.2, 0.25) is 0 Å². The summed E-state index contributed by atoms with van der Waals surface area (Å²) in [4.78, 5) is 33.6. The quantitative estimate of drug-likeness (QED) is 0.205. The van der Waals surface area contributed by atoms with Crippen LogP contribution >= 0.6 is 0 Å². The summed E-state index contributed by atoms with van der Waals surface area (Å²) in [6.45, 7) is 9.13. The van der Waals surface area contributed by atoms with Crippen molar-refractivity contribution < 1.29 is 34.1 Å². The molecule has 1 aromatic carbocycles. The van der Waals surface area contributed by atoms with Crippen LogP contribution in [0, 0.1) is 0 Å². The fraction of sp³-hybridized carbons (Fsp3) is 0.346. The number of hydrogen-bond acceptors (Lipinski definition) is 6. The number of rotatable bonds is 12. The monoisotopic (exact) mass is 458 g/mol. The van der Waals surface area contributed by atoms with Crippen molar-refractivity contribution in [3.63, 3.8) is 0 Å². The van der Waals surface area contributed by atoms with E-state index in [1.807, 2.05) is 37.3 Å². The van der Waals surface area contributed by atoms with Crippen molar-refractivity contribution in [2.75, 3.05) is 19.8 Å². The molecule has 1 aromatic rings. The number of allylic oxidation sites excluding steroid dienone is 2. The number of carbonyl (C=O) groups is 3. The second kappa shape index (κ2) is 18.2. The van der Waals surface area contributed by atoms with Crippen LogP contribution in [0.15, 0.2) is 71.9 Å². The molecule has 0 aliphatic carbocycles. The maximum Gasteiger partial charge on any atom is 0.338 e. The molecule has 0 aliphatic heterocycles. The molecule has 33 heavy (non-hydrogen) atoms. The van der Waals surface area contributed by atoms with Crippen molar-refractivity contribution in [3.8, 4) is 0 Å². The Balaban J connectivity index is 0.000000861.